The monoisotopic (exact) mass is 393 g/mol. The molecule has 1 atom stereocenters. The van der Waals surface area contributed by atoms with Crippen LogP contribution in [0.2, 0.25) is 0 Å². The van der Waals surface area contributed by atoms with Crippen molar-refractivity contribution in [3.8, 4) is 0 Å². The topological polar surface area (TPSA) is 87.3 Å². The number of carbonyl (C=O) groups is 3. The van der Waals surface area contributed by atoms with Gasteiger partial charge in [0.25, 0.3) is 5.91 Å². The number of benzene rings is 2. The van der Waals surface area contributed by atoms with E-state index < -0.39 is 6.04 Å². The van der Waals surface area contributed by atoms with Crippen molar-refractivity contribution in [2.24, 2.45) is 11.8 Å². The molecule has 0 spiro atoms. The van der Waals surface area contributed by atoms with E-state index >= 15 is 0 Å². The van der Waals surface area contributed by atoms with Crippen LogP contribution in [0.5, 0.6) is 0 Å². The Morgan fingerprint density at radius 2 is 1.66 bits per heavy atom. The first kappa shape index (κ1) is 20.6. The lowest BCUT2D eigenvalue weighted by molar-refractivity contribution is -0.119. The third-order valence-corrected chi connectivity index (χ3v) is 4.98. The summed E-state index contributed by atoms with van der Waals surface area (Å²) in [4.78, 5) is 37.4. The van der Waals surface area contributed by atoms with Gasteiger partial charge < -0.3 is 16.0 Å². The van der Waals surface area contributed by atoms with Crippen molar-refractivity contribution in [1.29, 1.82) is 0 Å². The van der Waals surface area contributed by atoms with Crippen LogP contribution in [-0.2, 0) is 9.59 Å². The van der Waals surface area contributed by atoms with E-state index in [2.05, 4.69) is 16.0 Å². The summed E-state index contributed by atoms with van der Waals surface area (Å²) in [5, 5.41) is 8.61. The summed E-state index contributed by atoms with van der Waals surface area (Å²) in [7, 11) is 0. The van der Waals surface area contributed by atoms with E-state index in [1.54, 1.807) is 30.3 Å². The molecule has 1 unspecified atom stereocenters. The summed E-state index contributed by atoms with van der Waals surface area (Å²) in [6.45, 7) is 5.65. The van der Waals surface area contributed by atoms with Crippen LogP contribution in [0, 0.1) is 18.8 Å². The molecule has 3 N–H and O–H groups in total. The predicted molar refractivity (Wildman–Crippen MR) is 114 cm³/mol. The van der Waals surface area contributed by atoms with Gasteiger partial charge in [0.2, 0.25) is 11.8 Å². The number of rotatable bonds is 7. The van der Waals surface area contributed by atoms with Gasteiger partial charge in [-0.3, -0.25) is 14.4 Å². The minimum Gasteiger partial charge on any atom is -0.340 e. The highest BCUT2D eigenvalue weighted by Crippen LogP contribution is 2.31. The lowest BCUT2D eigenvalue weighted by atomic mass is 10.0. The summed E-state index contributed by atoms with van der Waals surface area (Å²) in [6, 6.07) is 13.6. The van der Waals surface area contributed by atoms with Crippen molar-refractivity contribution >= 4 is 29.1 Å². The van der Waals surface area contributed by atoms with Crippen LogP contribution in [0.15, 0.2) is 48.5 Å². The van der Waals surface area contributed by atoms with Crippen LogP contribution < -0.4 is 16.0 Å². The summed E-state index contributed by atoms with van der Waals surface area (Å²) < 4.78 is 0. The molecule has 0 bridgehead atoms. The van der Waals surface area contributed by atoms with E-state index in [4.69, 9.17) is 0 Å². The fourth-order valence-corrected chi connectivity index (χ4v) is 2.98. The molecule has 1 fully saturated rings. The summed E-state index contributed by atoms with van der Waals surface area (Å²) in [5.74, 6) is -0.561. The third-order valence-electron chi connectivity index (χ3n) is 4.98. The fourth-order valence-electron chi connectivity index (χ4n) is 2.98. The van der Waals surface area contributed by atoms with Gasteiger partial charge in [-0.2, -0.15) is 0 Å². The molecule has 6 heteroatoms. The zero-order chi connectivity index (χ0) is 21.0. The molecule has 29 heavy (non-hydrogen) atoms. The van der Waals surface area contributed by atoms with Gasteiger partial charge in [-0.15, -0.1) is 0 Å². The highest BCUT2D eigenvalue weighted by atomic mass is 16.2. The van der Waals surface area contributed by atoms with Crippen LogP contribution in [0.25, 0.3) is 0 Å². The molecule has 0 aromatic heterocycles. The van der Waals surface area contributed by atoms with Crippen LogP contribution in [-0.4, -0.2) is 23.8 Å². The Hall–Kier alpha value is -3.15. The number of amides is 3. The first-order chi connectivity index (χ1) is 13.8. The molecule has 2 aromatic carbocycles. The maximum atomic E-state index is 12.9. The Balaban J connectivity index is 1.70. The summed E-state index contributed by atoms with van der Waals surface area (Å²) in [6.07, 6.45) is 1.86. The van der Waals surface area contributed by atoms with E-state index in [1.807, 2.05) is 39.0 Å². The molecule has 1 aliphatic rings. The second-order valence-electron chi connectivity index (χ2n) is 7.84. The van der Waals surface area contributed by atoms with E-state index in [0.29, 0.717) is 16.9 Å². The maximum absolute atomic E-state index is 12.9. The molecule has 0 aliphatic heterocycles. The van der Waals surface area contributed by atoms with Gasteiger partial charge in [0.05, 0.1) is 0 Å². The SMILES string of the molecule is Cc1ccc(NC(=O)C2CC2)cc1NC(=O)C(NC(=O)c1ccccc1)C(C)C. The van der Waals surface area contributed by atoms with Crippen molar-refractivity contribution < 1.29 is 14.4 Å². The quantitative estimate of drug-likeness (QED) is 0.670. The lowest BCUT2D eigenvalue weighted by Gasteiger charge is -2.22. The van der Waals surface area contributed by atoms with Crippen molar-refractivity contribution in [2.75, 3.05) is 10.6 Å². The largest absolute Gasteiger partial charge is 0.340 e. The fraction of sp³-hybridized carbons (Fsp3) is 0.348. The molecule has 0 radical (unpaired) electrons. The molecule has 6 nitrogen and oxygen atoms in total. The molecule has 2 aromatic rings. The highest BCUT2D eigenvalue weighted by molar-refractivity contribution is 6.02. The van der Waals surface area contributed by atoms with Crippen molar-refractivity contribution in [3.05, 3.63) is 59.7 Å². The Kier molecular flexibility index (Phi) is 6.32. The lowest BCUT2D eigenvalue weighted by Crippen LogP contribution is -2.47. The highest BCUT2D eigenvalue weighted by Gasteiger charge is 2.30. The summed E-state index contributed by atoms with van der Waals surface area (Å²) in [5.41, 5.74) is 2.65. The Morgan fingerprint density at radius 3 is 2.28 bits per heavy atom. The van der Waals surface area contributed by atoms with Crippen LogP contribution in [0.4, 0.5) is 11.4 Å². The number of hydrogen-bond acceptors (Lipinski definition) is 3. The van der Waals surface area contributed by atoms with Gasteiger partial charge in [0.15, 0.2) is 0 Å². The molecule has 3 rings (SSSR count). The Labute approximate surface area is 171 Å². The second-order valence-corrected chi connectivity index (χ2v) is 7.84. The number of nitrogens with one attached hydrogen (secondary N) is 3. The van der Waals surface area contributed by atoms with E-state index in [1.165, 1.54) is 0 Å². The Morgan fingerprint density at radius 1 is 0.966 bits per heavy atom. The first-order valence-electron chi connectivity index (χ1n) is 9.93. The van der Waals surface area contributed by atoms with Gasteiger partial charge in [-0.05, 0) is 55.5 Å². The maximum Gasteiger partial charge on any atom is 0.251 e. The molecule has 0 heterocycles. The van der Waals surface area contributed by atoms with Crippen molar-refractivity contribution in [2.45, 2.75) is 39.7 Å². The smallest absolute Gasteiger partial charge is 0.251 e. The third kappa shape index (κ3) is 5.44. The number of hydrogen-bond donors (Lipinski definition) is 3. The number of aryl methyl sites for hydroxylation is 1. The molecular formula is C23H27N3O3. The van der Waals surface area contributed by atoms with Crippen molar-refractivity contribution in [3.63, 3.8) is 0 Å². The van der Waals surface area contributed by atoms with Gasteiger partial charge in [0, 0.05) is 22.9 Å². The Bertz CT molecular complexity index is 905. The average molecular weight is 393 g/mol. The second kappa shape index (κ2) is 8.90. The molecule has 152 valence electrons. The van der Waals surface area contributed by atoms with E-state index in [0.717, 1.165) is 18.4 Å². The minimum absolute atomic E-state index is 0.0151. The van der Waals surface area contributed by atoms with Crippen LogP contribution >= 0.6 is 0 Å². The molecule has 3 amide bonds. The molecule has 1 aliphatic carbocycles. The van der Waals surface area contributed by atoms with Gasteiger partial charge in [0.1, 0.15) is 6.04 Å². The summed E-state index contributed by atoms with van der Waals surface area (Å²) >= 11 is 0. The molecule has 0 saturated heterocycles. The first-order valence-corrected chi connectivity index (χ1v) is 9.93. The molecular weight excluding hydrogens is 366 g/mol. The predicted octanol–water partition coefficient (Wildman–Crippen LogP) is 3.74. The standard InChI is InChI=1S/C23H27N3O3/c1-14(2)20(26-22(28)16-7-5-4-6-8-16)23(29)25-19-13-18(12-9-15(19)3)24-21(27)17-10-11-17/h4-9,12-14,17,20H,10-11H2,1-3H3,(H,24,27)(H,25,29)(H,26,28). The van der Waals surface area contributed by atoms with Gasteiger partial charge in [-0.25, -0.2) is 0 Å². The van der Waals surface area contributed by atoms with Crippen molar-refractivity contribution in [1.82, 2.24) is 5.32 Å². The number of anilines is 2. The van der Waals surface area contributed by atoms with E-state index in [9.17, 15) is 14.4 Å². The van der Waals surface area contributed by atoms with Gasteiger partial charge in [-0.1, -0.05) is 38.1 Å². The van der Waals surface area contributed by atoms with Crippen LogP contribution in [0.3, 0.4) is 0 Å². The van der Waals surface area contributed by atoms with E-state index in [-0.39, 0.29) is 29.6 Å². The zero-order valence-corrected chi connectivity index (χ0v) is 17.0. The zero-order valence-electron chi connectivity index (χ0n) is 17.0. The molecule has 1 saturated carbocycles. The normalized spacial score (nSPS) is 14.2. The average Bonchev–Trinajstić information content (AvgIpc) is 3.54. The minimum atomic E-state index is -0.688. The number of carbonyl (C=O) groups excluding carboxylic acids is 3. The van der Waals surface area contributed by atoms with Crippen LogP contribution in [0.1, 0.15) is 42.6 Å². The van der Waals surface area contributed by atoms with Gasteiger partial charge >= 0.3 is 0 Å².